The highest BCUT2D eigenvalue weighted by Crippen LogP contribution is 2.32. The van der Waals surface area contributed by atoms with Gasteiger partial charge in [-0.2, -0.15) is 0 Å². The monoisotopic (exact) mass is 237 g/mol. The minimum absolute atomic E-state index is 0.543. The molecule has 1 fully saturated rings. The highest BCUT2D eigenvalue weighted by molar-refractivity contribution is 6.32. The lowest BCUT2D eigenvalue weighted by molar-refractivity contribution is 0.300. The first-order valence-corrected chi connectivity index (χ1v) is 5.96. The van der Waals surface area contributed by atoms with Gasteiger partial charge in [0.05, 0.1) is 11.6 Å². The Morgan fingerprint density at radius 2 is 2.25 bits per heavy atom. The van der Waals surface area contributed by atoms with Crippen LogP contribution in [-0.2, 0) is 0 Å². The van der Waals surface area contributed by atoms with Crippen molar-refractivity contribution in [2.24, 2.45) is 11.7 Å². The van der Waals surface area contributed by atoms with Gasteiger partial charge in [0.2, 0.25) is 0 Å². The van der Waals surface area contributed by atoms with Crippen molar-refractivity contribution < 1.29 is 4.74 Å². The van der Waals surface area contributed by atoms with Crippen molar-refractivity contribution in [1.82, 2.24) is 0 Å². The predicted octanol–water partition coefficient (Wildman–Crippen LogP) is 3.10. The normalized spacial score (nSPS) is 15.6. The Labute approximate surface area is 101 Å². The van der Waals surface area contributed by atoms with E-state index in [1.807, 2.05) is 30.4 Å². The van der Waals surface area contributed by atoms with Crippen molar-refractivity contribution in [1.29, 1.82) is 0 Å². The van der Waals surface area contributed by atoms with Gasteiger partial charge >= 0.3 is 0 Å². The summed E-state index contributed by atoms with van der Waals surface area (Å²) in [4.78, 5) is 0. The van der Waals surface area contributed by atoms with Gasteiger partial charge in [-0.25, -0.2) is 0 Å². The van der Waals surface area contributed by atoms with Crippen molar-refractivity contribution in [2.45, 2.75) is 12.8 Å². The molecule has 0 bridgehead atoms. The van der Waals surface area contributed by atoms with E-state index in [2.05, 4.69) is 0 Å². The minimum atomic E-state index is 0.543. The summed E-state index contributed by atoms with van der Waals surface area (Å²) >= 11 is 6.06. The molecule has 0 atom stereocenters. The van der Waals surface area contributed by atoms with E-state index in [1.54, 1.807) is 0 Å². The summed E-state index contributed by atoms with van der Waals surface area (Å²) in [5, 5.41) is 0.672. The average Bonchev–Trinajstić information content (AvgIpc) is 3.10. The Kier molecular flexibility index (Phi) is 3.86. The van der Waals surface area contributed by atoms with Crippen LogP contribution >= 0.6 is 11.6 Å². The molecule has 0 aromatic heterocycles. The molecule has 1 aromatic rings. The van der Waals surface area contributed by atoms with Crippen LogP contribution in [0.3, 0.4) is 0 Å². The predicted molar refractivity (Wildman–Crippen MR) is 67.8 cm³/mol. The fraction of sp³-hybridized carbons (Fsp3) is 0.385. The van der Waals surface area contributed by atoms with Crippen LogP contribution in [0.15, 0.2) is 24.3 Å². The van der Waals surface area contributed by atoms with Gasteiger partial charge in [0.25, 0.3) is 0 Å². The van der Waals surface area contributed by atoms with Crippen molar-refractivity contribution in [3.05, 3.63) is 34.9 Å². The number of benzene rings is 1. The fourth-order valence-corrected chi connectivity index (χ4v) is 1.60. The summed E-state index contributed by atoms with van der Waals surface area (Å²) in [5.41, 5.74) is 6.48. The maximum Gasteiger partial charge on any atom is 0.138 e. The van der Waals surface area contributed by atoms with Crippen molar-refractivity contribution in [3.8, 4) is 5.75 Å². The number of ether oxygens (including phenoxy) is 1. The van der Waals surface area contributed by atoms with E-state index in [1.165, 1.54) is 12.8 Å². The molecule has 1 saturated carbocycles. The molecule has 3 heteroatoms. The van der Waals surface area contributed by atoms with Crippen LogP contribution in [0.2, 0.25) is 5.02 Å². The Morgan fingerprint density at radius 1 is 1.44 bits per heavy atom. The maximum absolute atomic E-state index is 6.06. The fourth-order valence-electron chi connectivity index (χ4n) is 1.43. The standard InChI is InChI=1S/C13H16ClNO/c14-12-6-5-10(2-1-7-15)8-13(12)16-9-11-3-4-11/h1-2,5-6,8,11H,3-4,7,9,15H2/b2-1+. The van der Waals surface area contributed by atoms with E-state index in [4.69, 9.17) is 22.1 Å². The van der Waals surface area contributed by atoms with Gasteiger partial charge in [-0.15, -0.1) is 0 Å². The van der Waals surface area contributed by atoms with Gasteiger partial charge < -0.3 is 10.5 Å². The topological polar surface area (TPSA) is 35.2 Å². The molecule has 2 nitrogen and oxygen atoms in total. The molecular weight excluding hydrogens is 222 g/mol. The molecule has 1 aliphatic carbocycles. The second kappa shape index (κ2) is 5.37. The van der Waals surface area contributed by atoms with Crippen LogP contribution in [0.25, 0.3) is 6.08 Å². The molecule has 86 valence electrons. The highest BCUT2D eigenvalue weighted by Gasteiger charge is 2.22. The third kappa shape index (κ3) is 3.26. The van der Waals surface area contributed by atoms with Gasteiger partial charge in [-0.1, -0.05) is 29.8 Å². The zero-order valence-corrected chi connectivity index (χ0v) is 9.91. The molecular formula is C13H16ClNO. The van der Waals surface area contributed by atoms with Crippen LogP contribution in [0, 0.1) is 5.92 Å². The smallest absolute Gasteiger partial charge is 0.138 e. The molecule has 0 radical (unpaired) electrons. The van der Waals surface area contributed by atoms with Crippen molar-refractivity contribution in [3.63, 3.8) is 0 Å². The van der Waals surface area contributed by atoms with E-state index in [0.29, 0.717) is 11.6 Å². The van der Waals surface area contributed by atoms with Gasteiger partial charge in [-0.05, 0) is 36.5 Å². The van der Waals surface area contributed by atoms with Gasteiger partial charge in [0.15, 0.2) is 0 Å². The summed E-state index contributed by atoms with van der Waals surface area (Å²) in [6, 6.07) is 5.77. The molecule has 0 spiro atoms. The summed E-state index contributed by atoms with van der Waals surface area (Å²) in [5.74, 6) is 1.51. The lowest BCUT2D eigenvalue weighted by Crippen LogP contribution is -1.99. The third-order valence-electron chi connectivity index (χ3n) is 2.57. The Morgan fingerprint density at radius 3 is 2.94 bits per heavy atom. The Bertz CT molecular complexity index is 386. The third-order valence-corrected chi connectivity index (χ3v) is 2.89. The van der Waals surface area contributed by atoms with E-state index in [-0.39, 0.29) is 0 Å². The van der Waals surface area contributed by atoms with Crippen molar-refractivity contribution >= 4 is 17.7 Å². The lowest BCUT2D eigenvalue weighted by atomic mass is 10.2. The van der Waals surface area contributed by atoms with E-state index < -0.39 is 0 Å². The molecule has 1 aromatic carbocycles. The van der Waals surface area contributed by atoms with Gasteiger partial charge in [-0.3, -0.25) is 0 Å². The zero-order valence-electron chi connectivity index (χ0n) is 9.16. The number of halogens is 1. The Hall–Kier alpha value is -0.990. The molecule has 0 unspecified atom stereocenters. The molecule has 0 saturated heterocycles. The maximum atomic E-state index is 6.06. The van der Waals surface area contributed by atoms with Crippen LogP contribution < -0.4 is 10.5 Å². The van der Waals surface area contributed by atoms with E-state index >= 15 is 0 Å². The average molecular weight is 238 g/mol. The number of rotatable bonds is 5. The second-order valence-corrected chi connectivity index (χ2v) is 4.49. The molecule has 0 aliphatic heterocycles. The van der Waals surface area contributed by atoms with Crippen LogP contribution in [0.1, 0.15) is 18.4 Å². The molecule has 0 heterocycles. The number of nitrogens with two attached hydrogens (primary N) is 1. The van der Waals surface area contributed by atoms with Crippen LogP contribution in [0.4, 0.5) is 0 Å². The van der Waals surface area contributed by atoms with Gasteiger partial charge in [0, 0.05) is 6.54 Å². The molecule has 2 rings (SSSR count). The zero-order chi connectivity index (χ0) is 11.4. The van der Waals surface area contributed by atoms with E-state index in [0.717, 1.165) is 23.8 Å². The number of hydrogen-bond donors (Lipinski definition) is 1. The largest absolute Gasteiger partial charge is 0.492 e. The minimum Gasteiger partial charge on any atom is -0.492 e. The first kappa shape index (κ1) is 11.5. The SMILES string of the molecule is NC/C=C/c1ccc(Cl)c(OCC2CC2)c1. The number of hydrogen-bond acceptors (Lipinski definition) is 2. The lowest BCUT2D eigenvalue weighted by Gasteiger charge is -2.08. The highest BCUT2D eigenvalue weighted by atomic mass is 35.5. The van der Waals surface area contributed by atoms with Gasteiger partial charge in [0.1, 0.15) is 5.75 Å². The molecule has 0 amide bonds. The molecule has 2 N–H and O–H groups in total. The van der Waals surface area contributed by atoms with Crippen molar-refractivity contribution in [2.75, 3.05) is 13.2 Å². The molecule has 16 heavy (non-hydrogen) atoms. The summed E-state index contributed by atoms with van der Waals surface area (Å²) in [6.45, 7) is 1.32. The second-order valence-electron chi connectivity index (χ2n) is 4.08. The molecule has 1 aliphatic rings. The van der Waals surface area contributed by atoms with E-state index in [9.17, 15) is 0 Å². The first-order valence-electron chi connectivity index (χ1n) is 5.58. The summed E-state index contributed by atoms with van der Waals surface area (Å²) in [7, 11) is 0. The first-order chi connectivity index (χ1) is 7.79. The Balaban J connectivity index is 2.04. The summed E-state index contributed by atoms with van der Waals surface area (Å²) in [6.07, 6.45) is 6.45. The van der Waals surface area contributed by atoms with Crippen LogP contribution in [0.5, 0.6) is 5.75 Å². The van der Waals surface area contributed by atoms with Crippen LogP contribution in [-0.4, -0.2) is 13.2 Å². The summed E-state index contributed by atoms with van der Waals surface area (Å²) < 4.78 is 5.68. The quantitative estimate of drug-likeness (QED) is 0.854.